The Labute approximate surface area is 842 Å². The third-order valence-corrected chi connectivity index (χ3v) is 27.6. The second-order valence-corrected chi connectivity index (χ2v) is 38.3. The molecular weight excluding hydrogens is 2000 g/mol. The number of carbonyl (C=O) groups is 3. The zero-order chi connectivity index (χ0) is 104. The number of phenolic OH excluding ortho intramolecular Hbond substituents is 3. The number of fused-ring (bicyclic) bond motifs is 3. The van der Waals surface area contributed by atoms with Crippen molar-refractivity contribution in [1.82, 2.24) is 58.3 Å². The number of nitrogens with zero attached hydrogens (tertiary/aromatic N) is 18. The summed E-state index contributed by atoms with van der Waals surface area (Å²) in [7, 11) is 0. The zero-order valence-electron chi connectivity index (χ0n) is 78.0. The number of aryl methyl sites for hydroxylation is 3. The number of benzene rings is 3. The summed E-state index contributed by atoms with van der Waals surface area (Å²) in [4.78, 5) is 119. The molecule has 3 fully saturated rings. The highest BCUT2D eigenvalue weighted by molar-refractivity contribution is 6.46. The molecule has 0 bridgehead atoms. The molecule has 15 rings (SSSR count). The summed E-state index contributed by atoms with van der Waals surface area (Å²) in [6.45, 7) is 39.7. The maximum absolute atomic E-state index is 15.4. The van der Waals surface area contributed by atoms with E-state index in [0.29, 0.717) is 50.8 Å². The molecule has 141 heavy (non-hydrogen) atoms. The average Bonchev–Trinajstić information content (AvgIpc) is 0.725. The Balaban J connectivity index is 0.000000178. The first-order valence-electron chi connectivity index (χ1n) is 43.7. The summed E-state index contributed by atoms with van der Waals surface area (Å²) >= 11 is 50.5. The van der Waals surface area contributed by atoms with Crippen LogP contribution in [0.5, 0.6) is 17.2 Å². The first-order valence-corrected chi connectivity index (χ1v) is 46.7. The number of aromatic hydroxyl groups is 3. The highest BCUT2D eigenvalue weighted by Gasteiger charge is 2.43. The number of hydrogen-bond acceptors (Lipinski definition) is 21. The Kier molecular flexibility index (Phi) is 30.8. The number of amides is 3. The Hall–Kier alpha value is -13.1. The molecular formula is C99H87Cl8F7N18O9. The zero-order valence-corrected chi connectivity index (χ0v) is 84.0. The summed E-state index contributed by atoms with van der Waals surface area (Å²) < 4.78 is 106. The van der Waals surface area contributed by atoms with Gasteiger partial charge in [-0.15, -0.1) is 0 Å². The van der Waals surface area contributed by atoms with Crippen molar-refractivity contribution < 1.29 is 60.4 Å². The fraction of sp³-hybridized carbons (Fsp3) is 0.303. The number of halogens is 15. The number of hydrogen-bond donors (Lipinski definition) is 3. The number of piperazine rings is 3. The normalized spacial score (nSPS) is 16.6. The van der Waals surface area contributed by atoms with Crippen LogP contribution in [0.15, 0.2) is 107 Å². The minimum absolute atomic E-state index is 0.0253. The van der Waals surface area contributed by atoms with Crippen LogP contribution in [0, 0.1) is 95.5 Å². The minimum Gasteiger partial charge on any atom is -0.504 e. The summed E-state index contributed by atoms with van der Waals surface area (Å²) in [5, 5.41) is 59.5. The lowest BCUT2D eigenvalue weighted by Gasteiger charge is -2.45. The van der Waals surface area contributed by atoms with Gasteiger partial charge in [-0.3, -0.25) is 57.4 Å². The molecule has 0 aliphatic carbocycles. The highest BCUT2D eigenvalue weighted by Crippen LogP contribution is 2.52. The number of anilines is 3. The van der Waals surface area contributed by atoms with Crippen LogP contribution in [0.4, 0.5) is 47.8 Å². The molecule has 27 nitrogen and oxygen atoms in total. The Morgan fingerprint density at radius 2 is 0.617 bits per heavy atom. The van der Waals surface area contributed by atoms with E-state index in [2.05, 4.69) is 61.8 Å². The van der Waals surface area contributed by atoms with Gasteiger partial charge in [0.1, 0.15) is 56.9 Å². The van der Waals surface area contributed by atoms with Crippen LogP contribution in [0.25, 0.3) is 83.9 Å². The molecule has 0 unspecified atom stereocenters. The van der Waals surface area contributed by atoms with Gasteiger partial charge in [0.25, 0.3) is 16.7 Å². The van der Waals surface area contributed by atoms with Gasteiger partial charge in [-0.2, -0.15) is 29.0 Å². The van der Waals surface area contributed by atoms with Crippen molar-refractivity contribution in [3.8, 4) is 86.3 Å². The third kappa shape index (κ3) is 18.3. The van der Waals surface area contributed by atoms with Crippen LogP contribution in [-0.4, -0.2) is 167 Å². The molecule has 42 heteroatoms. The lowest BCUT2D eigenvalue weighted by Crippen LogP contribution is -2.58. The number of rotatable bonds is 15. The second kappa shape index (κ2) is 41.2. The number of nitriles is 3. The van der Waals surface area contributed by atoms with Gasteiger partial charge >= 0.3 is 0 Å². The van der Waals surface area contributed by atoms with Crippen molar-refractivity contribution in [3.05, 3.63) is 255 Å². The van der Waals surface area contributed by atoms with Gasteiger partial charge in [0, 0.05) is 110 Å². The van der Waals surface area contributed by atoms with Crippen LogP contribution >= 0.6 is 92.8 Å². The summed E-state index contributed by atoms with van der Waals surface area (Å²) in [6, 6.07) is 13.3. The number of phenols is 3. The van der Waals surface area contributed by atoms with Crippen molar-refractivity contribution in [2.24, 2.45) is 0 Å². The van der Waals surface area contributed by atoms with Crippen molar-refractivity contribution in [3.63, 3.8) is 0 Å². The van der Waals surface area contributed by atoms with Gasteiger partial charge in [0.15, 0.2) is 40.5 Å². The monoisotopic (exact) mass is 2080 g/mol. The topological polar surface area (TPSA) is 346 Å². The van der Waals surface area contributed by atoms with E-state index < -0.39 is 122 Å². The van der Waals surface area contributed by atoms with E-state index in [1.165, 1.54) is 45.6 Å². The van der Waals surface area contributed by atoms with Crippen molar-refractivity contribution in [1.29, 1.82) is 15.8 Å². The van der Waals surface area contributed by atoms with Crippen LogP contribution in [-0.2, 0) is 14.4 Å². The van der Waals surface area contributed by atoms with Gasteiger partial charge in [-0.25, -0.2) is 32.5 Å². The van der Waals surface area contributed by atoms with Gasteiger partial charge < -0.3 is 44.7 Å². The van der Waals surface area contributed by atoms with E-state index in [1.807, 2.05) is 99.0 Å². The standard InChI is InChI=1S/2C33H29Cl3F2N6O3.C33H29Cl2F3N6O3/c2*1-7-21(45)43-16(5)12-42(13-17(43)6)30-18-10-20(34)28(22-23(35)24(36)25(37)26(38)31(22)46)41-32(18)44(33(47)19(30)11-39)29-15(4)8-9-40-27(29)14(2)3;1-7-21(45)43-16(5)12-42(13-17(43)6)30-18-10-20(34)28(22-24(36)23(35)25(37)26(38)31(22)46)41-32(18)44(33(47)19(30)11-39)29-15(4)8-9-40-27(29)14(2)3/h3*7-10,14,16-17,46H,1,12-13H2,2-6H3/t3*16-,17+. The third-order valence-electron chi connectivity index (χ3n) is 24.8. The van der Waals surface area contributed by atoms with Gasteiger partial charge in [-0.1, -0.05) is 154 Å². The van der Waals surface area contributed by atoms with E-state index in [-0.39, 0.29) is 204 Å². The van der Waals surface area contributed by atoms with Crippen LogP contribution in [0.2, 0.25) is 40.2 Å². The fourth-order valence-electron chi connectivity index (χ4n) is 18.7. The fourth-order valence-corrected chi connectivity index (χ4v) is 20.5. The molecule has 3 aliphatic rings. The lowest BCUT2D eigenvalue weighted by atomic mass is 10.0. The molecule has 12 heterocycles. The Morgan fingerprint density at radius 1 is 0.383 bits per heavy atom. The molecule has 6 atom stereocenters. The van der Waals surface area contributed by atoms with E-state index in [1.54, 1.807) is 77.2 Å². The minimum atomic E-state index is -1.82. The molecule has 732 valence electrons. The lowest BCUT2D eigenvalue weighted by molar-refractivity contribution is -0.131. The van der Waals surface area contributed by atoms with Gasteiger partial charge in [-0.05, 0) is 151 Å². The van der Waals surface area contributed by atoms with Gasteiger partial charge in [0.05, 0.1) is 120 Å². The average molecular weight is 2090 g/mol. The summed E-state index contributed by atoms with van der Waals surface area (Å²) in [6.07, 6.45) is 8.46. The molecule has 0 spiro atoms. The van der Waals surface area contributed by atoms with E-state index >= 15 is 4.39 Å². The van der Waals surface area contributed by atoms with E-state index in [9.17, 15) is 86.2 Å². The van der Waals surface area contributed by atoms with Gasteiger partial charge in [0.2, 0.25) is 35.2 Å². The van der Waals surface area contributed by atoms with E-state index in [0.717, 1.165) is 4.57 Å². The predicted molar refractivity (Wildman–Crippen MR) is 532 cm³/mol. The summed E-state index contributed by atoms with van der Waals surface area (Å²) in [5.74, 6) is -16.7. The smallest absolute Gasteiger partial charge is 0.276 e. The number of aromatic nitrogens is 9. The Morgan fingerprint density at radius 3 is 0.851 bits per heavy atom. The largest absolute Gasteiger partial charge is 0.504 e. The molecule has 3 amide bonds. The van der Waals surface area contributed by atoms with Crippen molar-refractivity contribution in [2.75, 3.05) is 54.0 Å². The molecule has 9 aromatic heterocycles. The predicted octanol–water partition coefficient (Wildman–Crippen LogP) is 21.4. The SMILES string of the molecule is C=CC(=O)N1[C@H](C)CN(c2c(C#N)c(=O)n(-c3c(C)ccnc3C(C)C)c3nc(-c4c(O)c(F)c(F)c(Cl)c4Cl)c(Cl)cc23)C[C@@H]1C.C=CC(=O)N1[C@H](C)CN(c2c(C#N)c(=O)n(-c3c(C)ccnc3C(C)C)c3nc(-c4c(O)c(F)c(F)c(Cl)c4Cl)c(Cl)cc23)C[C@@H]1C.C=CC(=O)N1[C@H](C)CN(c2c(C#N)c(=O)n(-c3c(C)ccnc3C(C)C)c3nc(-c4c(O)c(F)c(F)c(Cl)c4F)c(Cl)cc23)C[C@@H]1C. The molecule has 3 aliphatic heterocycles. The molecule has 3 aromatic carbocycles. The summed E-state index contributed by atoms with van der Waals surface area (Å²) in [5.41, 5.74) is -1.07. The first kappa shape index (κ1) is 105. The van der Waals surface area contributed by atoms with Crippen LogP contribution in [0.1, 0.15) is 151 Å². The quantitative estimate of drug-likeness (QED) is 0.0371. The number of pyridine rings is 9. The second-order valence-electron chi connectivity index (χ2n) is 35.1. The molecule has 12 aromatic rings. The maximum atomic E-state index is 15.4. The first-order chi connectivity index (χ1) is 66.5. The Bertz CT molecular complexity index is 6870. The molecule has 3 saturated heterocycles. The van der Waals surface area contributed by atoms with Crippen molar-refractivity contribution >= 4 is 161 Å². The molecule has 0 saturated carbocycles. The number of carbonyl (C=O) groups excluding carboxylic acids is 3. The van der Waals surface area contributed by atoms with E-state index in [4.69, 9.17) is 92.8 Å². The molecule has 3 N–H and O–H groups in total. The molecule has 0 radical (unpaired) electrons. The van der Waals surface area contributed by atoms with Crippen LogP contribution < -0.4 is 31.4 Å². The highest BCUT2D eigenvalue weighted by atomic mass is 35.5. The van der Waals surface area contributed by atoms with Crippen LogP contribution in [0.3, 0.4) is 0 Å². The maximum Gasteiger partial charge on any atom is 0.276 e. The van der Waals surface area contributed by atoms with Crippen molar-refractivity contribution in [2.45, 2.75) is 158 Å².